The maximum absolute atomic E-state index is 13.6. The number of hydrogen-bond acceptors (Lipinski definition) is 4. The molecule has 0 saturated carbocycles. The second-order valence-electron chi connectivity index (χ2n) is 8.29. The van der Waals surface area contributed by atoms with E-state index in [-0.39, 0.29) is 5.56 Å². The molecular weight excluding hydrogens is 485 g/mol. The average Bonchev–Trinajstić information content (AvgIpc) is 2.84. The van der Waals surface area contributed by atoms with Crippen molar-refractivity contribution in [2.45, 2.75) is 31.3 Å². The maximum atomic E-state index is 13.6. The van der Waals surface area contributed by atoms with Crippen LogP contribution in [0.1, 0.15) is 36.6 Å². The van der Waals surface area contributed by atoms with Crippen LogP contribution in [0, 0.1) is 0 Å². The van der Waals surface area contributed by atoms with E-state index in [1.54, 1.807) is 23.4 Å². The molecular formula is C27H23Cl2N3OS. The molecule has 1 aliphatic rings. The molecule has 0 aliphatic heterocycles. The van der Waals surface area contributed by atoms with Crippen molar-refractivity contribution in [2.24, 2.45) is 7.05 Å². The van der Waals surface area contributed by atoms with Gasteiger partial charge in [-0.3, -0.25) is 9.36 Å². The number of allylic oxidation sites excluding steroid dienone is 1. The molecule has 0 bridgehead atoms. The molecule has 0 amide bonds. The number of benzene rings is 2. The van der Waals surface area contributed by atoms with E-state index >= 15 is 0 Å². The third-order valence-corrected chi connectivity index (χ3v) is 7.50. The summed E-state index contributed by atoms with van der Waals surface area (Å²) in [7, 11) is 1.78. The van der Waals surface area contributed by atoms with Crippen LogP contribution in [0.15, 0.2) is 58.5 Å². The first-order valence-electron chi connectivity index (χ1n) is 11.2. The largest absolute Gasteiger partial charge is 0.290 e. The number of rotatable bonds is 4. The molecule has 5 rings (SSSR count). The second-order valence-corrected chi connectivity index (χ2v) is 10.4. The zero-order valence-electron chi connectivity index (χ0n) is 18.9. The van der Waals surface area contributed by atoms with Crippen molar-refractivity contribution in [3.05, 3.63) is 85.8 Å². The summed E-state index contributed by atoms with van der Waals surface area (Å²) in [5.41, 5.74) is 6.52. The van der Waals surface area contributed by atoms with Gasteiger partial charge in [-0.25, -0.2) is 9.97 Å². The summed E-state index contributed by atoms with van der Waals surface area (Å²) in [6.45, 7) is 2.05. The Morgan fingerprint density at radius 3 is 2.35 bits per heavy atom. The molecule has 0 atom stereocenters. The Hall–Kier alpha value is -2.60. The Bertz CT molecular complexity index is 1480. The fourth-order valence-electron chi connectivity index (χ4n) is 4.49. The number of nitrogens with zero attached hydrogens (tertiary/aromatic N) is 3. The molecule has 2 aromatic carbocycles. The first-order valence-corrected chi connectivity index (χ1v) is 13.0. The van der Waals surface area contributed by atoms with E-state index in [4.69, 9.17) is 33.2 Å². The average molecular weight is 508 g/mol. The SMILES string of the molecule is CCSc1nc2nc3c(c(-c4ccc(Cl)cc4)c2c(=O)n1C)CCC/C3=C/c1ccc(Cl)cc1. The lowest BCUT2D eigenvalue weighted by Gasteiger charge is -2.23. The number of pyridine rings is 1. The fourth-order valence-corrected chi connectivity index (χ4v) is 5.43. The third-order valence-electron chi connectivity index (χ3n) is 6.08. The van der Waals surface area contributed by atoms with E-state index in [1.165, 1.54) is 0 Å². The first-order chi connectivity index (χ1) is 16.5. The number of hydrogen-bond donors (Lipinski definition) is 0. The van der Waals surface area contributed by atoms with Gasteiger partial charge < -0.3 is 0 Å². The summed E-state index contributed by atoms with van der Waals surface area (Å²) in [6, 6.07) is 15.5. The van der Waals surface area contributed by atoms with Crippen molar-refractivity contribution in [2.75, 3.05) is 5.75 Å². The van der Waals surface area contributed by atoms with Crippen LogP contribution in [0.5, 0.6) is 0 Å². The Morgan fingerprint density at radius 1 is 1.00 bits per heavy atom. The van der Waals surface area contributed by atoms with Gasteiger partial charge in [0.05, 0.1) is 11.1 Å². The molecule has 4 nitrogen and oxygen atoms in total. The van der Waals surface area contributed by atoms with E-state index in [9.17, 15) is 4.79 Å². The normalized spacial score (nSPS) is 14.5. The summed E-state index contributed by atoms with van der Waals surface area (Å²) in [5.74, 6) is 0.822. The van der Waals surface area contributed by atoms with Gasteiger partial charge >= 0.3 is 0 Å². The Morgan fingerprint density at radius 2 is 1.68 bits per heavy atom. The van der Waals surface area contributed by atoms with Crippen LogP contribution >= 0.6 is 35.0 Å². The molecule has 0 radical (unpaired) electrons. The zero-order valence-corrected chi connectivity index (χ0v) is 21.3. The summed E-state index contributed by atoms with van der Waals surface area (Å²) in [4.78, 5) is 23.4. The minimum absolute atomic E-state index is 0.0741. The summed E-state index contributed by atoms with van der Waals surface area (Å²) >= 11 is 13.8. The van der Waals surface area contributed by atoms with Gasteiger partial charge in [0.2, 0.25) is 0 Å². The molecule has 7 heteroatoms. The van der Waals surface area contributed by atoms with Crippen molar-refractivity contribution in [3.8, 4) is 11.1 Å². The van der Waals surface area contributed by atoms with Gasteiger partial charge in [0, 0.05) is 22.7 Å². The van der Waals surface area contributed by atoms with Crippen LogP contribution in [-0.4, -0.2) is 20.3 Å². The topological polar surface area (TPSA) is 47.8 Å². The molecule has 2 heterocycles. The minimum atomic E-state index is -0.0741. The Labute approximate surface area is 212 Å². The van der Waals surface area contributed by atoms with E-state index < -0.39 is 0 Å². The van der Waals surface area contributed by atoms with Crippen LogP contribution in [0.4, 0.5) is 0 Å². The molecule has 0 spiro atoms. The quantitative estimate of drug-likeness (QED) is 0.215. The molecule has 2 aromatic heterocycles. The Balaban J connectivity index is 1.84. The van der Waals surface area contributed by atoms with Crippen LogP contribution in [0.2, 0.25) is 10.0 Å². The highest BCUT2D eigenvalue weighted by Gasteiger charge is 2.25. The van der Waals surface area contributed by atoms with E-state index in [0.717, 1.165) is 58.5 Å². The van der Waals surface area contributed by atoms with Crippen molar-refractivity contribution in [1.82, 2.24) is 14.5 Å². The number of thioether (sulfide) groups is 1. The monoisotopic (exact) mass is 507 g/mol. The van der Waals surface area contributed by atoms with Crippen LogP contribution < -0.4 is 5.56 Å². The van der Waals surface area contributed by atoms with Gasteiger partial charge in [-0.1, -0.05) is 66.2 Å². The molecule has 172 valence electrons. The molecule has 0 unspecified atom stereocenters. The number of aromatic nitrogens is 3. The van der Waals surface area contributed by atoms with Gasteiger partial charge in [-0.05, 0) is 77.6 Å². The first kappa shape index (κ1) is 23.2. The highest BCUT2D eigenvalue weighted by Crippen LogP contribution is 2.40. The van der Waals surface area contributed by atoms with Crippen molar-refractivity contribution >= 4 is 57.6 Å². The number of fused-ring (bicyclic) bond motifs is 2. The second kappa shape index (κ2) is 9.57. The summed E-state index contributed by atoms with van der Waals surface area (Å²) < 4.78 is 1.64. The van der Waals surface area contributed by atoms with Crippen LogP contribution in [-0.2, 0) is 13.5 Å². The van der Waals surface area contributed by atoms with Crippen molar-refractivity contribution < 1.29 is 0 Å². The lowest BCUT2D eigenvalue weighted by atomic mass is 9.84. The van der Waals surface area contributed by atoms with E-state index in [0.29, 0.717) is 26.2 Å². The van der Waals surface area contributed by atoms with Crippen LogP contribution in [0.3, 0.4) is 0 Å². The van der Waals surface area contributed by atoms with Crippen molar-refractivity contribution in [3.63, 3.8) is 0 Å². The highest BCUT2D eigenvalue weighted by atomic mass is 35.5. The van der Waals surface area contributed by atoms with Gasteiger partial charge in [0.15, 0.2) is 10.8 Å². The molecule has 34 heavy (non-hydrogen) atoms. The van der Waals surface area contributed by atoms with Crippen LogP contribution in [0.25, 0.3) is 33.8 Å². The molecule has 0 N–H and O–H groups in total. The molecule has 0 fully saturated rings. The van der Waals surface area contributed by atoms with Gasteiger partial charge in [0.1, 0.15) is 0 Å². The number of halogens is 2. The van der Waals surface area contributed by atoms with Gasteiger partial charge in [-0.2, -0.15) is 0 Å². The predicted octanol–water partition coefficient (Wildman–Crippen LogP) is 7.29. The predicted molar refractivity (Wildman–Crippen MR) is 144 cm³/mol. The maximum Gasteiger partial charge on any atom is 0.264 e. The highest BCUT2D eigenvalue weighted by molar-refractivity contribution is 7.99. The van der Waals surface area contributed by atoms with Gasteiger partial charge in [0.25, 0.3) is 5.56 Å². The van der Waals surface area contributed by atoms with E-state index in [2.05, 4.69) is 6.08 Å². The van der Waals surface area contributed by atoms with E-state index in [1.807, 2.05) is 55.5 Å². The minimum Gasteiger partial charge on any atom is -0.290 e. The van der Waals surface area contributed by atoms with Crippen molar-refractivity contribution in [1.29, 1.82) is 0 Å². The summed E-state index contributed by atoms with van der Waals surface area (Å²) in [5, 5.41) is 2.61. The zero-order chi connectivity index (χ0) is 23.8. The molecule has 1 aliphatic carbocycles. The molecule has 0 saturated heterocycles. The lowest BCUT2D eigenvalue weighted by Crippen LogP contribution is -2.23. The third kappa shape index (κ3) is 4.28. The summed E-state index contributed by atoms with van der Waals surface area (Å²) in [6.07, 6.45) is 4.91. The molecule has 4 aromatic rings. The standard InChI is InChI=1S/C27H23Cl2N3OS/c1-3-34-27-31-25-23(26(33)32(27)2)22(17-9-13-20(29)14-10-17)21-6-4-5-18(24(21)30-25)15-16-7-11-19(28)12-8-16/h7-15H,3-6H2,1-2H3/b18-15-. The lowest BCUT2D eigenvalue weighted by molar-refractivity contribution is 0.721. The fraction of sp³-hybridized carbons (Fsp3) is 0.222. The van der Waals surface area contributed by atoms with Gasteiger partial charge in [-0.15, -0.1) is 0 Å². The smallest absolute Gasteiger partial charge is 0.264 e. The Kier molecular flexibility index (Phi) is 6.52.